The first-order valence-electron chi connectivity index (χ1n) is 5.01. The summed E-state index contributed by atoms with van der Waals surface area (Å²) in [7, 11) is -2.92. The van der Waals surface area contributed by atoms with Gasteiger partial charge in [0, 0.05) is 10.00 Å². The Balaban J connectivity index is 2.64. The lowest BCUT2D eigenvalue weighted by molar-refractivity contribution is -0.139. The van der Waals surface area contributed by atoms with E-state index in [4.69, 9.17) is 10.8 Å². The number of aliphatic carboxylic acids is 1. The number of sulfone groups is 1. The van der Waals surface area contributed by atoms with Crippen LogP contribution in [0.5, 0.6) is 0 Å². The second-order valence-corrected chi connectivity index (χ2v) is 8.75. The van der Waals surface area contributed by atoms with Gasteiger partial charge in [0.2, 0.25) is 0 Å². The van der Waals surface area contributed by atoms with Crippen molar-refractivity contribution in [3.8, 4) is 0 Å². The van der Waals surface area contributed by atoms with Crippen molar-refractivity contribution in [2.45, 2.75) is 36.3 Å². The van der Waals surface area contributed by atoms with Crippen LogP contribution in [0, 0.1) is 0 Å². The van der Waals surface area contributed by atoms with E-state index in [0.29, 0.717) is 6.42 Å². The highest BCUT2D eigenvalue weighted by Crippen LogP contribution is 2.36. The molecule has 3 N–H and O–H groups in total. The number of carboxylic acids is 1. The van der Waals surface area contributed by atoms with Gasteiger partial charge >= 0.3 is 5.97 Å². The Bertz CT molecular complexity index is 377. The van der Waals surface area contributed by atoms with Crippen molar-refractivity contribution >= 4 is 27.6 Å². The van der Waals surface area contributed by atoms with Gasteiger partial charge in [0.25, 0.3) is 0 Å². The number of hydrogen-bond acceptors (Lipinski definition) is 5. The van der Waals surface area contributed by atoms with Crippen molar-refractivity contribution < 1.29 is 18.3 Å². The third kappa shape index (κ3) is 3.36. The smallest absolute Gasteiger partial charge is 0.321 e. The van der Waals surface area contributed by atoms with E-state index < -0.39 is 26.6 Å². The predicted molar refractivity (Wildman–Crippen MR) is 64.3 cm³/mol. The third-order valence-electron chi connectivity index (χ3n) is 2.68. The third-order valence-corrected chi connectivity index (χ3v) is 6.25. The van der Waals surface area contributed by atoms with E-state index >= 15 is 0 Å². The van der Waals surface area contributed by atoms with Crippen molar-refractivity contribution in [2.24, 2.45) is 5.73 Å². The fraction of sp³-hybridized carbons (Fsp3) is 0.889. The van der Waals surface area contributed by atoms with E-state index in [2.05, 4.69) is 0 Å². The Hall–Kier alpha value is -0.270. The SMILES string of the molecule is CC(C)(SC1CCS(=O)(=O)C1)[C@@H](N)C(=O)O. The molecule has 0 amide bonds. The summed E-state index contributed by atoms with van der Waals surface area (Å²) < 4.78 is 21.9. The Morgan fingerprint density at radius 3 is 2.50 bits per heavy atom. The Morgan fingerprint density at radius 2 is 2.12 bits per heavy atom. The first-order valence-corrected chi connectivity index (χ1v) is 7.71. The fourth-order valence-electron chi connectivity index (χ4n) is 1.65. The molecule has 0 aromatic rings. The van der Waals surface area contributed by atoms with Crippen LogP contribution in [-0.2, 0) is 14.6 Å². The largest absolute Gasteiger partial charge is 0.480 e. The molecule has 1 fully saturated rings. The van der Waals surface area contributed by atoms with Crippen LogP contribution < -0.4 is 5.73 Å². The summed E-state index contributed by atoms with van der Waals surface area (Å²) in [6, 6.07) is -0.985. The lowest BCUT2D eigenvalue weighted by Crippen LogP contribution is -2.47. The lowest BCUT2D eigenvalue weighted by Gasteiger charge is -2.30. The molecule has 1 saturated heterocycles. The van der Waals surface area contributed by atoms with Gasteiger partial charge in [-0.2, -0.15) is 0 Å². The van der Waals surface area contributed by atoms with Crippen molar-refractivity contribution in [1.29, 1.82) is 0 Å². The van der Waals surface area contributed by atoms with Crippen LogP contribution in [0.15, 0.2) is 0 Å². The maximum atomic E-state index is 11.3. The molecule has 2 atom stereocenters. The second kappa shape index (κ2) is 4.54. The second-order valence-electron chi connectivity index (χ2n) is 4.56. The quantitative estimate of drug-likeness (QED) is 0.749. The normalized spacial score (nSPS) is 26.6. The fourth-order valence-corrected chi connectivity index (χ4v) is 5.58. The summed E-state index contributed by atoms with van der Waals surface area (Å²) in [6.45, 7) is 3.47. The summed E-state index contributed by atoms with van der Waals surface area (Å²) in [5.74, 6) is -0.727. The molecule has 7 heteroatoms. The van der Waals surface area contributed by atoms with E-state index in [1.54, 1.807) is 13.8 Å². The number of thioether (sulfide) groups is 1. The van der Waals surface area contributed by atoms with Crippen molar-refractivity contribution in [2.75, 3.05) is 11.5 Å². The maximum absolute atomic E-state index is 11.3. The van der Waals surface area contributed by atoms with Crippen LogP contribution in [0.25, 0.3) is 0 Å². The van der Waals surface area contributed by atoms with Gasteiger partial charge in [-0.1, -0.05) is 0 Å². The van der Waals surface area contributed by atoms with Gasteiger partial charge in [0.15, 0.2) is 9.84 Å². The molecule has 5 nitrogen and oxygen atoms in total. The van der Waals surface area contributed by atoms with Crippen molar-refractivity contribution in [1.82, 2.24) is 0 Å². The number of rotatable bonds is 4. The van der Waals surface area contributed by atoms with Gasteiger partial charge in [-0.3, -0.25) is 4.79 Å². The highest BCUT2D eigenvalue weighted by atomic mass is 32.2. The zero-order valence-electron chi connectivity index (χ0n) is 9.34. The highest BCUT2D eigenvalue weighted by molar-refractivity contribution is 8.03. The summed E-state index contributed by atoms with van der Waals surface area (Å²) in [4.78, 5) is 10.8. The molecule has 0 aromatic heterocycles. The molecule has 94 valence electrons. The number of carbonyl (C=O) groups is 1. The maximum Gasteiger partial charge on any atom is 0.321 e. The van der Waals surface area contributed by atoms with E-state index in [-0.39, 0.29) is 16.8 Å². The van der Waals surface area contributed by atoms with E-state index in [0.717, 1.165) is 0 Å². The summed E-state index contributed by atoms with van der Waals surface area (Å²) in [5, 5.41) is 8.80. The minimum Gasteiger partial charge on any atom is -0.480 e. The van der Waals surface area contributed by atoms with Crippen molar-refractivity contribution in [3.63, 3.8) is 0 Å². The summed E-state index contributed by atoms with van der Waals surface area (Å²) in [6.07, 6.45) is 0.586. The van der Waals surface area contributed by atoms with Crippen molar-refractivity contribution in [3.05, 3.63) is 0 Å². The molecule has 0 bridgehead atoms. The van der Waals surface area contributed by atoms with Crippen LogP contribution in [0.1, 0.15) is 20.3 Å². The average molecular weight is 267 g/mol. The molecule has 0 aliphatic carbocycles. The van der Waals surface area contributed by atoms with Gasteiger partial charge in [-0.25, -0.2) is 8.42 Å². The molecule has 1 heterocycles. The number of nitrogens with two attached hydrogens (primary N) is 1. The minimum absolute atomic E-state index is 0.0367. The van der Waals surface area contributed by atoms with Gasteiger partial charge in [0.05, 0.1) is 11.5 Å². The predicted octanol–water partition coefficient (Wildman–Crippen LogP) is 0.0972. The monoisotopic (exact) mass is 267 g/mol. The number of carboxylic acid groups (broad SMARTS) is 1. The molecule has 1 aliphatic rings. The highest BCUT2D eigenvalue weighted by Gasteiger charge is 2.38. The first-order chi connectivity index (χ1) is 7.14. The molecule has 0 radical (unpaired) electrons. The van der Waals surface area contributed by atoms with Crippen LogP contribution >= 0.6 is 11.8 Å². The molecule has 16 heavy (non-hydrogen) atoms. The zero-order valence-corrected chi connectivity index (χ0v) is 11.0. The minimum atomic E-state index is -2.92. The summed E-state index contributed by atoms with van der Waals surface area (Å²) in [5.41, 5.74) is 5.57. The number of hydrogen-bond donors (Lipinski definition) is 2. The van der Waals surface area contributed by atoms with Crippen LogP contribution in [0.3, 0.4) is 0 Å². The Kier molecular flexibility index (Phi) is 3.91. The van der Waals surface area contributed by atoms with Crippen LogP contribution in [0.4, 0.5) is 0 Å². The topological polar surface area (TPSA) is 97.5 Å². The molecule has 0 aromatic carbocycles. The standard InChI is InChI=1S/C9H17NO4S2/c1-9(2,7(10)8(11)12)15-6-3-4-16(13,14)5-6/h6-7H,3-5,10H2,1-2H3,(H,11,12)/t6?,7-/m0/s1. The van der Waals surface area contributed by atoms with E-state index in [1.807, 2.05) is 0 Å². The van der Waals surface area contributed by atoms with Gasteiger partial charge in [-0.05, 0) is 20.3 Å². The van der Waals surface area contributed by atoms with E-state index in [1.165, 1.54) is 11.8 Å². The zero-order chi connectivity index (χ0) is 12.6. The van der Waals surface area contributed by atoms with Gasteiger partial charge < -0.3 is 10.8 Å². The van der Waals surface area contributed by atoms with Gasteiger partial charge in [0.1, 0.15) is 6.04 Å². The molecular formula is C9H17NO4S2. The first kappa shape index (κ1) is 13.8. The Morgan fingerprint density at radius 1 is 1.56 bits per heavy atom. The Labute approximate surface area is 99.7 Å². The molecule has 0 spiro atoms. The molecule has 1 aliphatic heterocycles. The molecule has 0 saturated carbocycles. The lowest BCUT2D eigenvalue weighted by atomic mass is 10.1. The average Bonchev–Trinajstić information content (AvgIpc) is 2.43. The molecule has 1 rings (SSSR count). The summed E-state index contributed by atoms with van der Waals surface area (Å²) >= 11 is 1.36. The van der Waals surface area contributed by atoms with Crippen LogP contribution in [0.2, 0.25) is 0 Å². The van der Waals surface area contributed by atoms with Crippen LogP contribution in [-0.4, -0.2) is 47.0 Å². The van der Waals surface area contributed by atoms with Gasteiger partial charge in [-0.15, -0.1) is 11.8 Å². The molecular weight excluding hydrogens is 250 g/mol. The van der Waals surface area contributed by atoms with E-state index in [9.17, 15) is 13.2 Å². The molecule has 1 unspecified atom stereocenters.